The molecular formula is C23H18F6. The number of benzene rings is 3. The highest BCUT2D eigenvalue weighted by atomic mass is 19.4. The normalized spacial score (nSPS) is 19.4. The highest BCUT2D eigenvalue weighted by Crippen LogP contribution is 2.46. The number of alkyl halides is 3. The first-order valence-electron chi connectivity index (χ1n) is 9.48. The van der Waals surface area contributed by atoms with Crippen molar-refractivity contribution in [1.82, 2.24) is 0 Å². The fourth-order valence-electron chi connectivity index (χ4n) is 4.65. The van der Waals surface area contributed by atoms with Crippen LogP contribution in [-0.2, 0) is 12.6 Å². The maximum atomic E-state index is 14.3. The van der Waals surface area contributed by atoms with E-state index in [0.717, 1.165) is 28.6 Å². The molecule has 0 saturated heterocycles. The zero-order valence-electron chi connectivity index (χ0n) is 15.6. The smallest absolute Gasteiger partial charge is 0.206 e. The molecule has 0 amide bonds. The number of fused-ring (bicyclic) bond motifs is 3. The van der Waals surface area contributed by atoms with E-state index in [1.165, 1.54) is 6.07 Å². The molecule has 0 bridgehead atoms. The Kier molecular flexibility index (Phi) is 4.83. The van der Waals surface area contributed by atoms with Crippen molar-refractivity contribution in [2.75, 3.05) is 0 Å². The molecule has 4 rings (SSSR count). The van der Waals surface area contributed by atoms with Crippen LogP contribution < -0.4 is 0 Å². The first-order chi connectivity index (χ1) is 13.7. The Balaban J connectivity index is 1.92. The summed E-state index contributed by atoms with van der Waals surface area (Å²) in [7, 11) is 0. The van der Waals surface area contributed by atoms with Crippen LogP contribution in [0.4, 0.5) is 26.3 Å². The van der Waals surface area contributed by atoms with Crippen molar-refractivity contribution >= 4 is 10.8 Å². The summed E-state index contributed by atoms with van der Waals surface area (Å²) in [6.45, 7) is 1.94. The lowest BCUT2D eigenvalue weighted by molar-refractivity contribution is -0.142. The predicted octanol–water partition coefficient (Wildman–Crippen LogP) is 7.38. The van der Waals surface area contributed by atoms with Crippen LogP contribution >= 0.6 is 0 Å². The van der Waals surface area contributed by atoms with Gasteiger partial charge in [0.2, 0.25) is 0 Å². The van der Waals surface area contributed by atoms with Gasteiger partial charge in [0, 0.05) is 11.3 Å². The van der Waals surface area contributed by atoms with E-state index in [1.807, 2.05) is 6.92 Å². The molecule has 6 heteroatoms. The number of rotatable bonds is 2. The maximum absolute atomic E-state index is 14.3. The third-order valence-corrected chi connectivity index (χ3v) is 5.96. The van der Waals surface area contributed by atoms with Gasteiger partial charge in [0.1, 0.15) is 23.0 Å². The number of hydrogen-bond acceptors (Lipinski definition) is 0. The lowest BCUT2D eigenvalue weighted by Crippen LogP contribution is -2.23. The Labute approximate surface area is 164 Å². The minimum atomic E-state index is -5.10. The molecule has 3 aromatic rings. The summed E-state index contributed by atoms with van der Waals surface area (Å²) in [5, 5.41) is 1.19. The third-order valence-electron chi connectivity index (χ3n) is 5.96. The zero-order chi connectivity index (χ0) is 20.9. The standard InChI is InChI=1S/C23H18F6/c1-2-12-6-7-15-14-4-3-5-18(24)16(14)8-9-17(15)21(12)13-10-19(25)22(20(26)11-13)23(27,28)29/h3-5,8-12,21H,2,6-7H2,1H3/t12-,21-/m1/s1. The lowest BCUT2D eigenvalue weighted by Gasteiger charge is -2.34. The van der Waals surface area contributed by atoms with Gasteiger partial charge in [-0.05, 0) is 59.0 Å². The molecule has 0 aromatic heterocycles. The molecule has 1 aliphatic rings. The maximum Gasteiger partial charge on any atom is 0.422 e. The van der Waals surface area contributed by atoms with Crippen molar-refractivity contribution < 1.29 is 26.3 Å². The molecule has 0 nitrogen and oxygen atoms in total. The first kappa shape index (κ1) is 19.8. The SMILES string of the molecule is CC[C@@H]1CCc2c(ccc3c(F)cccc23)[C@H]1c1cc(F)c(C(F)(F)F)c(F)c1. The van der Waals surface area contributed by atoms with Gasteiger partial charge in [0.05, 0.1) is 0 Å². The molecule has 0 spiro atoms. The van der Waals surface area contributed by atoms with Crippen LogP contribution in [-0.4, -0.2) is 0 Å². The van der Waals surface area contributed by atoms with E-state index < -0.39 is 29.3 Å². The van der Waals surface area contributed by atoms with Crippen LogP contribution in [0.3, 0.4) is 0 Å². The van der Waals surface area contributed by atoms with Crippen LogP contribution in [0.25, 0.3) is 10.8 Å². The van der Waals surface area contributed by atoms with Crippen molar-refractivity contribution in [3.05, 3.63) is 82.2 Å². The van der Waals surface area contributed by atoms with Crippen LogP contribution in [0.1, 0.15) is 47.9 Å². The number of hydrogen-bond donors (Lipinski definition) is 0. The summed E-state index contributed by atoms with van der Waals surface area (Å²) in [4.78, 5) is 0. The van der Waals surface area contributed by atoms with E-state index >= 15 is 0 Å². The molecule has 29 heavy (non-hydrogen) atoms. The second-order valence-corrected chi connectivity index (χ2v) is 7.51. The molecule has 3 aromatic carbocycles. The largest absolute Gasteiger partial charge is 0.422 e. The molecule has 1 aliphatic carbocycles. The van der Waals surface area contributed by atoms with Gasteiger partial charge in [-0.15, -0.1) is 0 Å². The van der Waals surface area contributed by atoms with Gasteiger partial charge in [-0.25, -0.2) is 13.2 Å². The quantitative estimate of drug-likeness (QED) is 0.388. The molecule has 2 atom stereocenters. The van der Waals surface area contributed by atoms with E-state index in [-0.39, 0.29) is 17.3 Å². The van der Waals surface area contributed by atoms with Gasteiger partial charge in [0.25, 0.3) is 0 Å². The topological polar surface area (TPSA) is 0 Å². The molecule has 152 valence electrons. The van der Waals surface area contributed by atoms with Crippen molar-refractivity contribution in [3.63, 3.8) is 0 Å². The molecule has 0 N–H and O–H groups in total. The Morgan fingerprint density at radius 1 is 0.897 bits per heavy atom. The Hall–Kier alpha value is -2.50. The highest BCUT2D eigenvalue weighted by Gasteiger charge is 2.39. The molecule has 0 saturated carbocycles. The van der Waals surface area contributed by atoms with Crippen molar-refractivity contribution in [2.45, 2.75) is 38.3 Å². The van der Waals surface area contributed by atoms with Crippen LogP contribution in [0.5, 0.6) is 0 Å². The number of aryl methyl sites for hydroxylation is 1. The van der Waals surface area contributed by atoms with Gasteiger partial charge in [-0.1, -0.05) is 37.6 Å². The van der Waals surface area contributed by atoms with Gasteiger partial charge < -0.3 is 0 Å². The average molecular weight is 408 g/mol. The van der Waals surface area contributed by atoms with Gasteiger partial charge in [0.15, 0.2) is 0 Å². The molecule has 0 aliphatic heterocycles. The Bertz CT molecular complexity index is 1060. The summed E-state index contributed by atoms with van der Waals surface area (Å²) in [6, 6.07) is 9.73. The molecule has 0 radical (unpaired) electrons. The molecular weight excluding hydrogens is 390 g/mol. The Morgan fingerprint density at radius 3 is 2.21 bits per heavy atom. The molecule has 0 fully saturated rings. The Morgan fingerprint density at radius 2 is 1.59 bits per heavy atom. The van der Waals surface area contributed by atoms with E-state index in [0.29, 0.717) is 24.6 Å². The van der Waals surface area contributed by atoms with Crippen LogP contribution in [0.15, 0.2) is 42.5 Å². The second kappa shape index (κ2) is 7.08. The van der Waals surface area contributed by atoms with Crippen LogP contribution in [0, 0.1) is 23.4 Å². The summed E-state index contributed by atoms with van der Waals surface area (Å²) in [5.74, 6) is -4.01. The second-order valence-electron chi connectivity index (χ2n) is 7.51. The van der Waals surface area contributed by atoms with E-state index in [4.69, 9.17) is 0 Å². The van der Waals surface area contributed by atoms with Crippen molar-refractivity contribution in [2.24, 2.45) is 5.92 Å². The minimum absolute atomic E-state index is 0.0176. The zero-order valence-corrected chi connectivity index (χ0v) is 15.6. The fourth-order valence-corrected chi connectivity index (χ4v) is 4.65. The van der Waals surface area contributed by atoms with Crippen LogP contribution in [0.2, 0.25) is 0 Å². The molecule has 0 unspecified atom stereocenters. The van der Waals surface area contributed by atoms with Gasteiger partial charge >= 0.3 is 6.18 Å². The number of halogens is 6. The molecule has 0 heterocycles. The fraction of sp³-hybridized carbons (Fsp3) is 0.304. The summed E-state index contributed by atoms with van der Waals surface area (Å²) in [5.41, 5.74) is -0.0142. The van der Waals surface area contributed by atoms with E-state index in [9.17, 15) is 26.3 Å². The summed E-state index contributed by atoms with van der Waals surface area (Å²) in [6.07, 6.45) is -3.02. The average Bonchev–Trinajstić information content (AvgIpc) is 2.65. The van der Waals surface area contributed by atoms with E-state index in [1.54, 1.807) is 24.3 Å². The first-order valence-corrected chi connectivity index (χ1v) is 9.48. The summed E-state index contributed by atoms with van der Waals surface area (Å²) < 4.78 is 81.6. The van der Waals surface area contributed by atoms with Crippen molar-refractivity contribution in [1.29, 1.82) is 0 Å². The van der Waals surface area contributed by atoms with Crippen molar-refractivity contribution in [3.8, 4) is 0 Å². The lowest BCUT2D eigenvalue weighted by atomic mass is 9.70. The minimum Gasteiger partial charge on any atom is -0.206 e. The highest BCUT2D eigenvalue weighted by molar-refractivity contribution is 5.88. The van der Waals surface area contributed by atoms with E-state index in [2.05, 4.69) is 0 Å². The third kappa shape index (κ3) is 3.28. The van der Waals surface area contributed by atoms with Gasteiger partial charge in [-0.2, -0.15) is 13.2 Å². The monoisotopic (exact) mass is 408 g/mol. The van der Waals surface area contributed by atoms with Gasteiger partial charge in [-0.3, -0.25) is 0 Å². The predicted molar refractivity (Wildman–Crippen MR) is 99.2 cm³/mol. The summed E-state index contributed by atoms with van der Waals surface area (Å²) >= 11 is 0.